The van der Waals surface area contributed by atoms with Gasteiger partial charge in [0.05, 0.1) is 27.2 Å². The molecular weight excluding hydrogens is 294 g/mol. The minimum atomic E-state index is 0.0627. The van der Waals surface area contributed by atoms with E-state index in [1.54, 1.807) is 0 Å². The molecule has 0 aliphatic carbocycles. The minimum Gasteiger partial charge on any atom is -0.327 e. The Bertz CT molecular complexity index is 992. The van der Waals surface area contributed by atoms with E-state index in [0.717, 1.165) is 39.2 Å². The Morgan fingerprint density at radius 1 is 1.18 bits per heavy atom. The van der Waals surface area contributed by atoms with Crippen molar-refractivity contribution in [3.63, 3.8) is 0 Å². The van der Waals surface area contributed by atoms with Crippen LogP contribution in [0.4, 0.5) is 0 Å². The summed E-state index contributed by atoms with van der Waals surface area (Å²) in [5.74, 6) is 0.0627. The lowest BCUT2D eigenvalue weighted by Crippen LogP contribution is -2.04. The van der Waals surface area contributed by atoms with Crippen molar-refractivity contribution in [1.29, 1.82) is 0 Å². The van der Waals surface area contributed by atoms with Crippen molar-refractivity contribution in [3.05, 3.63) is 57.9 Å². The van der Waals surface area contributed by atoms with Gasteiger partial charge in [0, 0.05) is 7.05 Å². The number of nitrogens with zero attached hydrogens (tertiary/aromatic N) is 3. The van der Waals surface area contributed by atoms with Crippen molar-refractivity contribution < 1.29 is 4.79 Å². The monoisotopic (exact) mass is 309 g/mol. The van der Waals surface area contributed by atoms with Crippen molar-refractivity contribution in [2.75, 3.05) is 0 Å². The van der Waals surface area contributed by atoms with Gasteiger partial charge in [-0.05, 0) is 30.0 Å². The molecule has 3 aromatic heterocycles. The topological polar surface area (TPSA) is 39.3 Å². The van der Waals surface area contributed by atoms with Crippen LogP contribution in [0.15, 0.2) is 41.8 Å². The molecule has 4 aromatic rings. The molecule has 0 aliphatic rings. The zero-order chi connectivity index (χ0) is 15.3. The van der Waals surface area contributed by atoms with Crippen LogP contribution >= 0.6 is 11.3 Å². The Labute approximate surface area is 131 Å². The van der Waals surface area contributed by atoms with Gasteiger partial charge in [-0.1, -0.05) is 25.1 Å². The lowest BCUT2D eigenvalue weighted by Gasteiger charge is -2.01. The van der Waals surface area contributed by atoms with Gasteiger partial charge >= 0.3 is 0 Å². The van der Waals surface area contributed by atoms with Crippen LogP contribution in [0.5, 0.6) is 0 Å². The average Bonchev–Trinajstić information content (AvgIpc) is 3.24. The molecule has 0 fully saturated rings. The molecule has 0 aliphatic heterocycles. The highest BCUT2D eigenvalue weighted by atomic mass is 32.1. The number of ketones is 1. The highest BCUT2D eigenvalue weighted by Gasteiger charge is 2.24. The maximum Gasteiger partial charge on any atom is 0.208 e. The molecule has 0 radical (unpaired) electrons. The highest BCUT2D eigenvalue weighted by molar-refractivity contribution is 7.12. The molecule has 0 saturated carbocycles. The molecule has 0 atom stereocenters. The second kappa shape index (κ2) is 4.81. The van der Waals surface area contributed by atoms with Crippen molar-refractivity contribution >= 4 is 33.8 Å². The number of aryl methyl sites for hydroxylation is 2. The van der Waals surface area contributed by atoms with Crippen molar-refractivity contribution in [1.82, 2.24) is 14.2 Å². The fourth-order valence-corrected chi connectivity index (χ4v) is 3.65. The molecule has 5 heteroatoms. The molecule has 4 rings (SSSR count). The summed E-state index contributed by atoms with van der Waals surface area (Å²) in [7, 11) is 1.99. The minimum absolute atomic E-state index is 0.0627. The third-order valence-corrected chi connectivity index (χ3v) is 4.90. The summed E-state index contributed by atoms with van der Waals surface area (Å²) in [4.78, 5) is 13.7. The molecule has 1 aromatic carbocycles. The molecule has 110 valence electrons. The summed E-state index contributed by atoms with van der Waals surface area (Å²) in [5, 5.41) is 6.62. The lowest BCUT2D eigenvalue weighted by molar-refractivity contribution is 0.104. The maximum atomic E-state index is 12.9. The zero-order valence-electron chi connectivity index (χ0n) is 12.4. The van der Waals surface area contributed by atoms with Crippen LogP contribution in [-0.2, 0) is 13.5 Å². The third kappa shape index (κ3) is 1.69. The predicted octanol–water partition coefficient (Wildman–Crippen LogP) is 3.68. The summed E-state index contributed by atoms with van der Waals surface area (Å²) in [6.45, 7) is 2.04. The SMILES string of the molecule is CCc1nn2c3ccccc3n(C)c2c1C(=O)c1cccs1. The first-order valence-corrected chi connectivity index (χ1v) is 8.13. The van der Waals surface area contributed by atoms with E-state index in [9.17, 15) is 4.79 Å². The van der Waals surface area contributed by atoms with Gasteiger partial charge in [0.2, 0.25) is 5.78 Å². The molecular formula is C17H15N3OS. The Balaban J connectivity index is 2.10. The van der Waals surface area contributed by atoms with E-state index in [2.05, 4.69) is 10.6 Å². The van der Waals surface area contributed by atoms with E-state index in [0.29, 0.717) is 0 Å². The van der Waals surface area contributed by atoms with Crippen LogP contribution in [0.2, 0.25) is 0 Å². The third-order valence-electron chi connectivity index (χ3n) is 4.03. The molecule has 3 heterocycles. The number of benzene rings is 1. The summed E-state index contributed by atoms with van der Waals surface area (Å²) in [6, 6.07) is 11.9. The van der Waals surface area contributed by atoms with Gasteiger partial charge < -0.3 is 4.57 Å². The van der Waals surface area contributed by atoms with Crippen LogP contribution in [0.25, 0.3) is 16.7 Å². The highest BCUT2D eigenvalue weighted by Crippen LogP contribution is 2.27. The summed E-state index contributed by atoms with van der Waals surface area (Å²) < 4.78 is 3.96. The smallest absolute Gasteiger partial charge is 0.208 e. The summed E-state index contributed by atoms with van der Waals surface area (Å²) >= 11 is 1.47. The summed E-state index contributed by atoms with van der Waals surface area (Å²) in [5.41, 5.74) is 4.56. The molecule has 0 bridgehead atoms. The number of carbonyl (C=O) groups is 1. The van der Waals surface area contributed by atoms with E-state index in [1.807, 2.05) is 54.2 Å². The van der Waals surface area contributed by atoms with Crippen LogP contribution in [0.1, 0.15) is 27.9 Å². The Morgan fingerprint density at radius 3 is 2.64 bits per heavy atom. The van der Waals surface area contributed by atoms with Gasteiger partial charge in [-0.25, -0.2) is 4.52 Å². The van der Waals surface area contributed by atoms with Crippen molar-refractivity contribution in [3.8, 4) is 0 Å². The lowest BCUT2D eigenvalue weighted by atomic mass is 10.1. The number of hydrogen-bond acceptors (Lipinski definition) is 3. The van der Waals surface area contributed by atoms with Gasteiger partial charge in [-0.15, -0.1) is 11.3 Å². The molecule has 22 heavy (non-hydrogen) atoms. The van der Waals surface area contributed by atoms with Gasteiger partial charge in [-0.3, -0.25) is 4.79 Å². The number of fused-ring (bicyclic) bond motifs is 3. The predicted molar refractivity (Wildman–Crippen MR) is 88.8 cm³/mol. The number of imidazole rings is 1. The summed E-state index contributed by atoms with van der Waals surface area (Å²) in [6.07, 6.45) is 0.739. The number of para-hydroxylation sites is 2. The van der Waals surface area contributed by atoms with Crippen molar-refractivity contribution in [2.24, 2.45) is 7.05 Å². The van der Waals surface area contributed by atoms with Crippen LogP contribution in [0, 0.1) is 0 Å². The normalized spacial score (nSPS) is 11.5. The second-order valence-corrected chi connectivity index (χ2v) is 6.21. The Hall–Kier alpha value is -2.40. The number of hydrogen-bond donors (Lipinski definition) is 0. The second-order valence-electron chi connectivity index (χ2n) is 5.26. The van der Waals surface area contributed by atoms with Gasteiger partial charge in [0.15, 0.2) is 0 Å². The van der Waals surface area contributed by atoms with Crippen LogP contribution in [-0.4, -0.2) is 20.0 Å². The largest absolute Gasteiger partial charge is 0.327 e. The van der Waals surface area contributed by atoms with E-state index < -0.39 is 0 Å². The van der Waals surface area contributed by atoms with Crippen molar-refractivity contribution in [2.45, 2.75) is 13.3 Å². The van der Waals surface area contributed by atoms with Gasteiger partial charge in [-0.2, -0.15) is 5.10 Å². The Kier molecular flexibility index (Phi) is 2.90. The van der Waals surface area contributed by atoms with Gasteiger partial charge in [0.1, 0.15) is 5.65 Å². The number of thiophene rings is 1. The first kappa shape index (κ1) is 13.3. The van der Waals surface area contributed by atoms with Crippen LogP contribution < -0.4 is 0 Å². The maximum absolute atomic E-state index is 12.9. The van der Waals surface area contributed by atoms with Gasteiger partial charge in [0.25, 0.3) is 0 Å². The first-order chi connectivity index (χ1) is 10.7. The molecule has 0 amide bonds. The van der Waals surface area contributed by atoms with E-state index >= 15 is 0 Å². The molecule has 0 unspecified atom stereocenters. The first-order valence-electron chi connectivity index (χ1n) is 7.25. The number of rotatable bonds is 3. The quantitative estimate of drug-likeness (QED) is 0.542. The molecule has 0 spiro atoms. The van der Waals surface area contributed by atoms with Crippen LogP contribution in [0.3, 0.4) is 0 Å². The van der Waals surface area contributed by atoms with E-state index in [-0.39, 0.29) is 5.78 Å². The Morgan fingerprint density at radius 2 is 1.95 bits per heavy atom. The standard InChI is InChI=1S/C17H15N3OS/c1-3-11-15(16(21)14-9-6-10-22-14)17-19(2)12-7-4-5-8-13(12)20(17)18-11/h4-10H,3H2,1-2H3. The number of aromatic nitrogens is 3. The molecule has 0 N–H and O–H groups in total. The molecule has 0 saturated heterocycles. The average molecular weight is 309 g/mol. The molecule has 4 nitrogen and oxygen atoms in total. The van der Waals surface area contributed by atoms with E-state index in [1.165, 1.54) is 11.3 Å². The number of carbonyl (C=O) groups excluding carboxylic acids is 1. The fourth-order valence-electron chi connectivity index (χ4n) is 2.98. The van der Waals surface area contributed by atoms with E-state index in [4.69, 9.17) is 5.10 Å². The fraction of sp³-hybridized carbons (Fsp3) is 0.176. The zero-order valence-corrected chi connectivity index (χ0v) is 13.2.